The van der Waals surface area contributed by atoms with Crippen LogP contribution < -0.4 is 5.73 Å². The molecule has 2 unspecified atom stereocenters. The maximum absolute atomic E-state index is 12.5. The second-order valence-electron chi connectivity index (χ2n) is 5.02. The van der Waals surface area contributed by atoms with Crippen molar-refractivity contribution >= 4 is 28.1 Å². The Hall–Kier alpha value is -1.22. The molecule has 0 radical (unpaired) electrons. The highest BCUT2D eigenvalue weighted by atomic mass is 35.5. The summed E-state index contributed by atoms with van der Waals surface area (Å²) < 4.78 is 26.5. The predicted molar refractivity (Wildman–Crippen MR) is 80.9 cm³/mol. The Bertz CT molecular complexity index is 623. The van der Waals surface area contributed by atoms with Gasteiger partial charge in [0.25, 0.3) is 5.69 Å². The Morgan fingerprint density at radius 2 is 2.14 bits per heavy atom. The van der Waals surface area contributed by atoms with Crippen molar-refractivity contribution in [2.45, 2.75) is 24.3 Å². The van der Waals surface area contributed by atoms with Crippen LogP contribution in [-0.4, -0.2) is 36.8 Å². The van der Waals surface area contributed by atoms with Gasteiger partial charge in [-0.1, -0.05) is 6.07 Å². The lowest BCUT2D eigenvalue weighted by molar-refractivity contribution is -0.385. The third-order valence-corrected chi connectivity index (χ3v) is 5.55. The van der Waals surface area contributed by atoms with Crippen LogP contribution in [0, 0.1) is 16.0 Å². The highest BCUT2D eigenvalue weighted by molar-refractivity contribution is 7.89. The van der Waals surface area contributed by atoms with Crippen molar-refractivity contribution in [2.75, 3.05) is 13.1 Å². The third-order valence-electron chi connectivity index (χ3n) is 3.57. The second kappa shape index (κ2) is 6.69. The van der Waals surface area contributed by atoms with Crippen LogP contribution in [0.2, 0.25) is 0 Å². The third kappa shape index (κ3) is 3.52. The van der Waals surface area contributed by atoms with Gasteiger partial charge >= 0.3 is 0 Å². The highest BCUT2D eigenvalue weighted by Crippen LogP contribution is 2.30. The molecule has 21 heavy (non-hydrogen) atoms. The summed E-state index contributed by atoms with van der Waals surface area (Å²) in [4.78, 5) is 10.1. The molecule has 2 N–H and O–H groups in total. The van der Waals surface area contributed by atoms with E-state index >= 15 is 0 Å². The van der Waals surface area contributed by atoms with Gasteiger partial charge in [-0.15, -0.1) is 12.4 Å². The molecule has 1 aromatic carbocycles. The van der Waals surface area contributed by atoms with Crippen molar-refractivity contribution in [3.8, 4) is 0 Å². The molecular weight excluding hydrogens is 318 g/mol. The standard InChI is InChI=1S/C12H17N3O4S.ClH/c1-9-5-10(7-13)8-14(9)20(18,19)12-4-2-3-11(6-12)15(16)17;/h2-4,6,9-10H,5,7-8,13H2,1H3;1H. The Labute approximate surface area is 129 Å². The summed E-state index contributed by atoms with van der Waals surface area (Å²) in [6, 6.07) is 4.98. The molecule has 1 fully saturated rings. The fraction of sp³-hybridized carbons (Fsp3) is 0.500. The largest absolute Gasteiger partial charge is 0.330 e. The molecule has 1 aromatic rings. The van der Waals surface area contributed by atoms with E-state index in [2.05, 4.69) is 0 Å². The van der Waals surface area contributed by atoms with E-state index in [-0.39, 0.29) is 34.9 Å². The summed E-state index contributed by atoms with van der Waals surface area (Å²) in [5.41, 5.74) is 5.36. The minimum Gasteiger partial charge on any atom is -0.330 e. The van der Waals surface area contributed by atoms with Crippen molar-refractivity contribution in [1.82, 2.24) is 4.31 Å². The van der Waals surface area contributed by atoms with Crippen LogP contribution in [0.25, 0.3) is 0 Å². The Kier molecular flexibility index (Phi) is 5.68. The number of nitrogens with zero attached hydrogens (tertiary/aromatic N) is 2. The van der Waals surface area contributed by atoms with Crippen LogP contribution in [0.5, 0.6) is 0 Å². The van der Waals surface area contributed by atoms with E-state index in [4.69, 9.17) is 5.73 Å². The number of hydrogen-bond donors (Lipinski definition) is 1. The van der Waals surface area contributed by atoms with Gasteiger partial charge < -0.3 is 5.73 Å². The molecule has 9 heteroatoms. The smallest absolute Gasteiger partial charge is 0.270 e. The zero-order valence-electron chi connectivity index (χ0n) is 11.5. The van der Waals surface area contributed by atoms with E-state index in [1.165, 1.54) is 22.5 Å². The van der Waals surface area contributed by atoms with Crippen molar-refractivity contribution < 1.29 is 13.3 Å². The lowest BCUT2D eigenvalue weighted by atomic mass is 10.1. The van der Waals surface area contributed by atoms with Gasteiger partial charge in [-0.05, 0) is 31.9 Å². The number of nitrogens with two attached hydrogens (primary N) is 1. The quantitative estimate of drug-likeness (QED) is 0.660. The van der Waals surface area contributed by atoms with E-state index in [0.717, 1.165) is 6.07 Å². The first-order chi connectivity index (χ1) is 9.36. The van der Waals surface area contributed by atoms with Crippen molar-refractivity contribution in [1.29, 1.82) is 0 Å². The minimum absolute atomic E-state index is 0. The van der Waals surface area contributed by atoms with Gasteiger partial charge in [0.05, 0.1) is 9.82 Å². The summed E-state index contributed by atoms with van der Waals surface area (Å²) in [7, 11) is -3.71. The van der Waals surface area contributed by atoms with E-state index in [1.54, 1.807) is 0 Å². The summed E-state index contributed by atoms with van der Waals surface area (Å²) >= 11 is 0. The zero-order chi connectivity index (χ0) is 14.9. The summed E-state index contributed by atoms with van der Waals surface area (Å²) in [5.74, 6) is 0.137. The first kappa shape index (κ1) is 17.8. The van der Waals surface area contributed by atoms with Gasteiger partial charge in [0.1, 0.15) is 0 Å². The normalized spacial score (nSPS) is 22.8. The molecule has 0 spiro atoms. The maximum Gasteiger partial charge on any atom is 0.270 e. The number of nitro groups is 1. The topological polar surface area (TPSA) is 107 Å². The molecule has 1 aliphatic rings. The minimum atomic E-state index is -3.71. The molecule has 0 aliphatic carbocycles. The fourth-order valence-corrected chi connectivity index (χ4v) is 4.27. The number of sulfonamides is 1. The molecule has 0 bridgehead atoms. The average Bonchev–Trinajstić information content (AvgIpc) is 2.81. The first-order valence-corrected chi connectivity index (χ1v) is 7.76. The molecule has 1 saturated heterocycles. The summed E-state index contributed by atoms with van der Waals surface area (Å²) in [6.45, 7) is 2.62. The number of non-ortho nitro benzene ring substituents is 1. The number of nitro benzene ring substituents is 1. The first-order valence-electron chi connectivity index (χ1n) is 6.32. The van der Waals surface area contributed by atoms with Crippen LogP contribution >= 0.6 is 12.4 Å². The Morgan fingerprint density at radius 1 is 1.48 bits per heavy atom. The van der Waals surface area contributed by atoms with Crippen molar-refractivity contribution in [3.05, 3.63) is 34.4 Å². The van der Waals surface area contributed by atoms with Crippen LogP contribution in [0.3, 0.4) is 0 Å². The molecule has 2 atom stereocenters. The predicted octanol–water partition coefficient (Wildman–Crippen LogP) is 1.37. The molecular formula is C12H18ClN3O4S. The number of halogens is 1. The van der Waals surface area contributed by atoms with Gasteiger partial charge in [0.2, 0.25) is 10.0 Å². The van der Waals surface area contributed by atoms with Crippen LogP contribution in [0.15, 0.2) is 29.2 Å². The summed E-state index contributed by atoms with van der Waals surface area (Å²) in [6.07, 6.45) is 0.713. The van der Waals surface area contributed by atoms with Crippen LogP contribution in [0.4, 0.5) is 5.69 Å². The number of hydrogen-bond acceptors (Lipinski definition) is 5. The van der Waals surface area contributed by atoms with Gasteiger partial charge in [-0.25, -0.2) is 8.42 Å². The summed E-state index contributed by atoms with van der Waals surface area (Å²) in [5, 5.41) is 10.7. The molecule has 7 nitrogen and oxygen atoms in total. The second-order valence-corrected chi connectivity index (χ2v) is 6.91. The van der Waals surface area contributed by atoms with Gasteiger partial charge in [-0.2, -0.15) is 4.31 Å². The van der Waals surface area contributed by atoms with Crippen LogP contribution in [-0.2, 0) is 10.0 Å². The van der Waals surface area contributed by atoms with E-state index in [1.807, 2.05) is 6.92 Å². The number of benzene rings is 1. The monoisotopic (exact) mass is 335 g/mol. The molecule has 1 heterocycles. The molecule has 118 valence electrons. The van der Waals surface area contributed by atoms with Crippen molar-refractivity contribution in [3.63, 3.8) is 0 Å². The van der Waals surface area contributed by atoms with E-state index < -0.39 is 14.9 Å². The van der Waals surface area contributed by atoms with Crippen LogP contribution in [0.1, 0.15) is 13.3 Å². The maximum atomic E-state index is 12.5. The molecule has 0 saturated carbocycles. The molecule has 2 rings (SSSR count). The zero-order valence-corrected chi connectivity index (χ0v) is 13.1. The fourth-order valence-electron chi connectivity index (χ4n) is 2.51. The van der Waals surface area contributed by atoms with E-state index in [9.17, 15) is 18.5 Å². The van der Waals surface area contributed by atoms with Gasteiger partial charge in [0, 0.05) is 24.7 Å². The average molecular weight is 336 g/mol. The van der Waals surface area contributed by atoms with E-state index in [0.29, 0.717) is 19.5 Å². The molecule has 0 aromatic heterocycles. The molecule has 0 amide bonds. The lowest BCUT2D eigenvalue weighted by Gasteiger charge is -2.20. The Morgan fingerprint density at radius 3 is 2.67 bits per heavy atom. The molecule has 1 aliphatic heterocycles. The highest BCUT2D eigenvalue weighted by Gasteiger charge is 2.37. The van der Waals surface area contributed by atoms with Gasteiger partial charge in [-0.3, -0.25) is 10.1 Å². The van der Waals surface area contributed by atoms with Gasteiger partial charge in [0.15, 0.2) is 0 Å². The van der Waals surface area contributed by atoms with Crippen molar-refractivity contribution in [2.24, 2.45) is 11.7 Å². The number of rotatable bonds is 4. The SMILES string of the molecule is CC1CC(CN)CN1S(=O)(=O)c1cccc([N+](=O)[O-])c1.Cl. The Balaban J connectivity index is 0.00000220. The lowest BCUT2D eigenvalue weighted by Crippen LogP contribution is -2.34.